The molecular weight excluding hydrogens is 386 g/mol. The average molecular weight is 407 g/mol. The summed E-state index contributed by atoms with van der Waals surface area (Å²) >= 11 is 6.87. The maximum Gasteiger partial charge on any atom is 0.133 e. The van der Waals surface area contributed by atoms with Crippen LogP contribution in [0.15, 0.2) is 27.1 Å². The van der Waals surface area contributed by atoms with Gasteiger partial charge in [-0.25, -0.2) is 0 Å². The van der Waals surface area contributed by atoms with E-state index in [0.717, 1.165) is 27.8 Å². The average Bonchev–Trinajstić information content (AvgIpc) is 2.66. The maximum absolute atomic E-state index is 10.1. The monoisotopic (exact) mass is 405 g/mol. The van der Waals surface area contributed by atoms with E-state index in [2.05, 4.69) is 36.8 Å². The van der Waals surface area contributed by atoms with E-state index in [-0.39, 0.29) is 0 Å². The standard InChI is InChI=1S/C15H21Br2NO2/c16-12-5-6-15(14(17)9-12)20-11-13(19)10-18-7-3-1-2-4-8-18/h5-6,9,13,19H,1-4,7-8,10-11H2/t13-/m0/s1. The van der Waals surface area contributed by atoms with Crippen molar-refractivity contribution in [2.24, 2.45) is 0 Å². The van der Waals surface area contributed by atoms with Gasteiger partial charge in [0.15, 0.2) is 0 Å². The van der Waals surface area contributed by atoms with Crippen LogP contribution in [0.2, 0.25) is 0 Å². The summed E-state index contributed by atoms with van der Waals surface area (Å²) in [5.41, 5.74) is 0. The number of aliphatic hydroxyl groups excluding tert-OH is 1. The van der Waals surface area contributed by atoms with E-state index < -0.39 is 6.10 Å². The lowest BCUT2D eigenvalue weighted by atomic mass is 10.2. The summed E-state index contributed by atoms with van der Waals surface area (Å²) in [5.74, 6) is 0.767. The smallest absolute Gasteiger partial charge is 0.133 e. The molecule has 20 heavy (non-hydrogen) atoms. The Balaban J connectivity index is 1.77. The van der Waals surface area contributed by atoms with Crippen molar-refractivity contribution in [3.63, 3.8) is 0 Å². The molecule has 5 heteroatoms. The highest BCUT2D eigenvalue weighted by Crippen LogP contribution is 2.28. The van der Waals surface area contributed by atoms with Crippen molar-refractivity contribution in [1.29, 1.82) is 0 Å². The van der Waals surface area contributed by atoms with Gasteiger partial charge < -0.3 is 14.7 Å². The largest absolute Gasteiger partial charge is 0.490 e. The van der Waals surface area contributed by atoms with E-state index in [1.165, 1.54) is 25.7 Å². The predicted molar refractivity (Wildman–Crippen MR) is 88.3 cm³/mol. The van der Waals surface area contributed by atoms with Gasteiger partial charge in [0, 0.05) is 11.0 Å². The number of hydrogen-bond donors (Lipinski definition) is 1. The van der Waals surface area contributed by atoms with Gasteiger partial charge in [0.25, 0.3) is 0 Å². The molecule has 0 saturated carbocycles. The van der Waals surface area contributed by atoms with Crippen molar-refractivity contribution in [3.8, 4) is 5.75 Å². The number of ether oxygens (including phenoxy) is 1. The highest BCUT2D eigenvalue weighted by molar-refractivity contribution is 9.11. The molecule has 0 radical (unpaired) electrons. The molecule has 0 amide bonds. The Hall–Kier alpha value is -0.100. The van der Waals surface area contributed by atoms with Gasteiger partial charge in [0.05, 0.1) is 4.47 Å². The van der Waals surface area contributed by atoms with Gasteiger partial charge in [-0.15, -0.1) is 0 Å². The molecule has 0 bridgehead atoms. The van der Waals surface area contributed by atoms with Crippen molar-refractivity contribution in [1.82, 2.24) is 4.90 Å². The van der Waals surface area contributed by atoms with E-state index >= 15 is 0 Å². The number of halogens is 2. The minimum atomic E-state index is -0.441. The first kappa shape index (κ1) is 16.3. The molecular formula is C15H21Br2NO2. The van der Waals surface area contributed by atoms with Crippen molar-refractivity contribution in [2.45, 2.75) is 31.8 Å². The van der Waals surface area contributed by atoms with Gasteiger partial charge in [-0.3, -0.25) is 0 Å². The van der Waals surface area contributed by atoms with Crippen molar-refractivity contribution in [3.05, 3.63) is 27.1 Å². The fraction of sp³-hybridized carbons (Fsp3) is 0.600. The number of β-amino-alcohol motifs (C(OH)–C–C–N with tert-alkyl or cyclic N) is 1. The van der Waals surface area contributed by atoms with Gasteiger partial charge in [-0.05, 0) is 60.1 Å². The van der Waals surface area contributed by atoms with Crippen LogP contribution < -0.4 is 4.74 Å². The molecule has 3 nitrogen and oxygen atoms in total. The molecule has 1 fully saturated rings. The summed E-state index contributed by atoms with van der Waals surface area (Å²) in [7, 11) is 0. The minimum Gasteiger partial charge on any atom is -0.490 e. The fourth-order valence-corrected chi connectivity index (χ4v) is 3.61. The Bertz CT molecular complexity index is 420. The highest BCUT2D eigenvalue weighted by Gasteiger charge is 2.14. The van der Waals surface area contributed by atoms with Crippen LogP contribution in [0.3, 0.4) is 0 Å². The van der Waals surface area contributed by atoms with E-state index in [9.17, 15) is 5.11 Å². The number of aliphatic hydroxyl groups is 1. The van der Waals surface area contributed by atoms with E-state index in [4.69, 9.17) is 4.74 Å². The van der Waals surface area contributed by atoms with Gasteiger partial charge in [0.1, 0.15) is 18.5 Å². The van der Waals surface area contributed by atoms with E-state index in [0.29, 0.717) is 13.2 Å². The lowest BCUT2D eigenvalue weighted by Crippen LogP contribution is -2.36. The van der Waals surface area contributed by atoms with E-state index in [1.807, 2.05) is 18.2 Å². The SMILES string of the molecule is O[C@H](COc1ccc(Br)cc1Br)CN1CCCCCC1. The van der Waals surface area contributed by atoms with Crippen molar-refractivity contribution in [2.75, 3.05) is 26.2 Å². The summed E-state index contributed by atoms with van der Waals surface area (Å²) in [6, 6.07) is 5.77. The molecule has 0 aliphatic carbocycles. The first-order valence-corrected chi connectivity index (χ1v) is 8.72. The topological polar surface area (TPSA) is 32.7 Å². The Morgan fingerprint density at radius 2 is 1.85 bits per heavy atom. The molecule has 0 aromatic heterocycles. The number of nitrogens with zero attached hydrogens (tertiary/aromatic N) is 1. The van der Waals surface area contributed by atoms with Crippen LogP contribution in [0.5, 0.6) is 5.75 Å². The first-order valence-electron chi connectivity index (χ1n) is 7.13. The van der Waals surface area contributed by atoms with Crippen LogP contribution in [0.1, 0.15) is 25.7 Å². The van der Waals surface area contributed by atoms with E-state index in [1.54, 1.807) is 0 Å². The Morgan fingerprint density at radius 3 is 2.50 bits per heavy atom. The lowest BCUT2D eigenvalue weighted by Gasteiger charge is -2.23. The Kier molecular flexibility index (Phi) is 6.81. The second-order valence-corrected chi connectivity index (χ2v) is 7.02. The first-order chi connectivity index (χ1) is 9.65. The van der Waals surface area contributed by atoms with Crippen molar-refractivity contribution >= 4 is 31.9 Å². The van der Waals surface area contributed by atoms with Crippen LogP contribution in [-0.2, 0) is 0 Å². The van der Waals surface area contributed by atoms with Crippen molar-refractivity contribution < 1.29 is 9.84 Å². The molecule has 1 N–H and O–H groups in total. The zero-order chi connectivity index (χ0) is 14.4. The molecule has 0 spiro atoms. The van der Waals surface area contributed by atoms with Crippen LogP contribution in [0.25, 0.3) is 0 Å². The molecule has 2 rings (SSSR count). The second kappa shape index (κ2) is 8.37. The predicted octanol–water partition coefficient (Wildman–Crippen LogP) is 3.83. The van der Waals surface area contributed by atoms with Gasteiger partial charge >= 0.3 is 0 Å². The molecule has 1 aromatic carbocycles. The van der Waals surface area contributed by atoms with Gasteiger partial charge in [-0.2, -0.15) is 0 Å². The van der Waals surface area contributed by atoms with Gasteiger partial charge in [-0.1, -0.05) is 28.8 Å². The number of benzene rings is 1. The normalized spacial score (nSPS) is 18.6. The van der Waals surface area contributed by atoms with Crippen LogP contribution in [0.4, 0.5) is 0 Å². The third-order valence-corrected chi connectivity index (χ3v) is 4.61. The zero-order valence-corrected chi connectivity index (χ0v) is 14.7. The number of likely N-dealkylation sites (tertiary alicyclic amines) is 1. The maximum atomic E-state index is 10.1. The highest BCUT2D eigenvalue weighted by atomic mass is 79.9. The molecule has 1 aromatic rings. The quantitative estimate of drug-likeness (QED) is 0.806. The third-order valence-electron chi connectivity index (χ3n) is 3.49. The molecule has 1 aliphatic rings. The molecule has 1 heterocycles. The fourth-order valence-electron chi connectivity index (χ4n) is 2.45. The number of rotatable bonds is 5. The molecule has 1 saturated heterocycles. The molecule has 0 unspecified atom stereocenters. The molecule has 1 aliphatic heterocycles. The summed E-state index contributed by atoms with van der Waals surface area (Å²) in [4.78, 5) is 2.34. The minimum absolute atomic E-state index is 0.330. The second-order valence-electron chi connectivity index (χ2n) is 5.25. The summed E-state index contributed by atoms with van der Waals surface area (Å²) in [6.07, 6.45) is 4.67. The van der Waals surface area contributed by atoms with Gasteiger partial charge in [0.2, 0.25) is 0 Å². The lowest BCUT2D eigenvalue weighted by molar-refractivity contribution is 0.0691. The van der Waals surface area contributed by atoms with Crippen LogP contribution in [0, 0.1) is 0 Å². The number of hydrogen-bond acceptors (Lipinski definition) is 3. The third kappa shape index (κ3) is 5.35. The molecule has 1 atom stereocenters. The zero-order valence-electron chi connectivity index (χ0n) is 11.5. The van der Waals surface area contributed by atoms with Crippen LogP contribution >= 0.6 is 31.9 Å². The Morgan fingerprint density at radius 1 is 1.15 bits per heavy atom. The molecule has 112 valence electrons. The summed E-state index contributed by atoms with van der Waals surface area (Å²) < 4.78 is 7.58. The van der Waals surface area contributed by atoms with Crippen LogP contribution in [-0.4, -0.2) is 42.4 Å². The summed E-state index contributed by atoms with van der Waals surface area (Å²) in [6.45, 7) is 3.23. The summed E-state index contributed by atoms with van der Waals surface area (Å²) in [5, 5.41) is 10.1. The Labute approximate surface area is 137 Å².